The second-order valence-corrected chi connectivity index (χ2v) is 7.31. The van der Waals surface area contributed by atoms with Crippen molar-refractivity contribution >= 4 is 23.4 Å². The average Bonchev–Trinajstić information content (AvgIpc) is 2.62. The first-order chi connectivity index (χ1) is 12.8. The van der Waals surface area contributed by atoms with Gasteiger partial charge in [0.1, 0.15) is 17.5 Å². The van der Waals surface area contributed by atoms with Gasteiger partial charge in [-0.1, -0.05) is 35.9 Å². The zero-order valence-corrected chi connectivity index (χ0v) is 15.8. The lowest BCUT2D eigenvalue weighted by Crippen LogP contribution is -2.53. The standard InChI is InChI=1S/C20H21ClN2O4/c1-11(2)22-19(26)16-7-12-5-3-4-6-13(12)10-23(16)20(27)14-8-15(21)18(25)9-17(14)24/h3-6,8-9,11,16,24-25H,7,10H2,1-2H3,(H,22,26)/t16-/m1/s1. The lowest BCUT2D eigenvalue weighted by atomic mass is 9.92. The molecule has 7 heteroatoms. The number of carbonyl (C=O) groups is 2. The Labute approximate surface area is 162 Å². The Kier molecular flexibility index (Phi) is 5.28. The van der Waals surface area contributed by atoms with E-state index in [1.54, 1.807) is 0 Å². The van der Waals surface area contributed by atoms with Gasteiger partial charge < -0.3 is 20.4 Å². The molecule has 0 bridgehead atoms. The number of carbonyl (C=O) groups excluding carboxylic acids is 2. The molecule has 2 aromatic rings. The summed E-state index contributed by atoms with van der Waals surface area (Å²) in [7, 11) is 0. The summed E-state index contributed by atoms with van der Waals surface area (Å²) in [5.74, 6) is -1.47. The SMILES string of the molecule is CC(C)NC(=O)[C@H]1Cc2ccccc2CN1C(=O)c1cc(Cl)c(O)cc1O. The van der Waals surface area contributed by atoms with Crippen LogP contribution in [0.5, 0.6) is 11.5 Å². The molecule has 3 N–H and O–H groups in total. The first kappa shape index (κ1) is 19.0. The van der Waals surface area contributed by atoms with E-state index in [-0.39, 0.29) is 40.6 Å². The maximum absolute atomic E-state index is 13.1. The van der Waals surface area contributed by atoms with E-state index in [4.69, 9.17) is 11.6 Å². The summed E-state index contributed by atoms with van der Waals surface area (Å²) in [5.41, 5.74) is 1.90. The summed E-state index contributed by atoms with van der Waals surface area (Å²) in [4.78, 5) is 27.3. The fraction of sp³-hybridized carbons (Fsp3) is 0.300. The summed E-state index contributed by atoms with van der Waals surface area (Å²) >= 11 is 5.91. The molecule has 6 nitrogen and oxygen atoms in total. The topological polar surface area (TPSA) is 89.9 Å². The molecule has 0 aliphatic carbocycles. The molecule has 2 aromatic carbocycles. The van der Waals surface area contributed by atoms with Crippen LogP contribution in [0.15, 0.2) is 36.4 Å². The Morgan fingerprint density at radius 3 is 2.48 bits per heavy atom. The third kappa shape index (κ3) is 3.85. The number of phenols is 2. The van der Waals surface area contributed by atoms with Crippen LogP contribution in [0.3, 0.4) is 0 Å². The normalized spacial score (nSPS) is 16.1. The summed E-state index contributed by atoms with van der Waals surface area (Å²) in [6.45, 7) is 3.95. The fourth-order valence-electron chi connectivity index (χ4n) is 3.23. The van der Waals surface area contributed by atoms with E-state index in [9.17, 15) is 19.8 Å². The van der Waals surface area contributed by atoms with Crippen molar-refractivity contribution in [3.63, 3.8) is 0 Å². The van der Waals surface area contributed by atoms with Crippen molar-refractivity contribution in [2.24, 2.45) is 0 Å². The molecular formula is C20H21ClN2O4. The van der Waals surface area contributed by atoms with E-state index in [1.165, 1.54) is 11.0 Å². The van der Waals surface area contributed by atoms with Crippen LogP contribution in [0.25, 0.3) is 0 Å². The first-order valence-corrected chi connectivity index (χ1v) is 9.05. The molecule has 27 heavy (non-hydrogen) atoms. The van der Waals surface area contributed by atoms with Gasteiger partial charge >= 0.3 is 0 Å². The minimum Gasteiger partial charge on any atom is -0.507 e. The van der Waals surface area contributed by atoms with Crippen LogP contribution in [-0.4, -0.2) is 39.0 Å². The number of fused-ring (bicyclic) bond motifs is 1. The molecule has 1 aliphatic rings. The highest BCUT2D eigenvalue weighted by Gasteiger charge is 2.36. The van der Waals surface area contributed by atoms with E-state index in [1.807, 2.05) is 38.1 Å². The molecule has 1 heterocycles. The van der Waals surface area contributed by atoms with Crippen molar-refractivity contribution in [1.29, 1.82) is 0 Å². The van der Waals surface area contributed by atoms with E-state index >= 15 is 0 Å². The van der Waals surface area contributed by atoms with Crippen molar-refractivity contribution < 1.29 is 19.8 Å². The van der Waals surface area contributed by atoms with Gasteiger partial charge in [0, 0.05) is 25.1 Å². The van der Waals surface area contributed by atoms with Crippen LogP contribution in [0.1, 0.15) is 35.3 Å². The highest BCUT2D eigenvalue weighted by Crippen LogP contribution is 2.33. The predicted octanol–water partition coefficient (Wildman–Crippen LogP) is 2.84. The van der Waals surface area contributed by atoms with Gasteiger partial charge in [0.15, 0.2) is 0 Å². The van der Waals surface area contributed by atoms with Crippen molar-refractivity contribution in [3.05, 3.63) is 58.1 Å². The summed E-state index contributed by atoms with van der Waals surface area (Å²) in [6.07, 6.45) is 0.382. The summed E-state index contributed by atoms with van der Waals surface area (Å²) < 4.78 is 0. The van der Waals surface area contributed by atoms with Crippen LogP contribution < -0.4 is 5.32 Å². The van der Waals surface area contributed by atoms with Gasteiger partial charge in [0.2, 0.25) is 5.91 Å². The number of phenolic OH excluding ortho intramolecular Hbond substituents is 2. The molecule has 0 unspecified atom stereocenters. The van der Waals surface area contributed by atoms with E-state index in [0.717, 1.165) is 17.2 Å². The smallest absolute Gasteiger partial charge is 0.258 e. The van der Waals surface area contributed by atoms with Gasteiger partial charge in [-0.3, -0.25) is 9.59 Å². The zero-order chi connectivity index (χ0) is 19.7. The maximum Gasteiger partial charge on any atom is 0.258 e. The fourth-order valence-corrected chi connectivity index (χ4v) is 3.39. The minimum atomic E-state index is -0.707. The summed E-state index contributed by atoms with van der Waals surface area (Å²) in [5, 5.41) is 22.5. The maximum atomic E-state index is 13.1. The number of aromatic hydroxyl groups is 2. The Bertz CT molecular complexity index is 898. The van der Waals surface area contributed by atoms with Gasteiger partial charge in [-0.2, -0.15) is 0 Å². The quantitative estimate of drug-likeness (QED) is 0.754. The van der Waals surface area contributed by atoms with Crippen LogP contribution in [0, 0.1) is 0 Å². The number of nitrogens with zero attached hydrogens (tertiary/aromatic N) is 1. The molecule has 1 atom stereocenters. The van der Waals surface area contributed by atoms with Crippen molar-refractivity contribution in [2.75, 3.05) is 0 Å². The van der Waals surface area contributed by atoms with Gasteiger partial charge in [-0.15, -0.1) is 0 Å². The zero-order valence-electron chi connectivity index (χ0n) is 15.1. The lowest BCUT2D eigenvalue weighted by molar-refractivity contribution is -0.126. The number of amides is 2. The molecule has 0 spiro atoms. The molecule has 2 amide bonds. The number of rotatable bonds is 3. The molecule has 0 fully saturated rings. The molecule has 0 aromatic heterocycles. The monoisotopic (exact) mass is 388 g/mol. The molecule has 142 valence electrons. The third-order valence-corrected chi connectivity index (χ3v) is 4.84. The van der Waals surface area contributed by atoms with Gasteiger partial charge in [-0.05, 0) is 31.0 Å². The van der Waals surface area contributed by atoms with Crippen LogP contribution in [-0.2, 0) is 17.8 Å². The highest BCUT2D eigenvalue weighted by atomic mass is 35.5. The molecule has 3 rings (SSSR count). The Hall–Kier alpha value is -2.73. The molecule has 1 aliphatic heterocycles. The minimum absolute atomic E-state index is 0.0447. The second kappa shape index (κ2) is 7.48. The van der Waals surface area contributed by atoms with Crippen molar-refractivity contribution in [3.8, 4) is 11.5 Å². The van der Waals surface area contributed by atoms with Crippen molar-refractivity contribution in [1.82, 2.24) is 10.2 Å². The van der Waals surface area contributed by atoms with E-state index < -0.39 is 11.9 Å². The highest BCUT2D eigenvalue weighted by molar-refractivity contribution is 6.32. The largest absolute Gasteiger partial charge is 0.507 e. The first-order valence-electron chi connectivity index (χ1n) is 8.67. The van der Waals surface area contributed by atoms with Crippen molar-refractivity contribution in [2.45, 2.75) is 38.9 Å². The number of hydrogen-bond donors (Lipinski definition) is 3. The average molecular weight is 389 g/mol. The Morgan fingerprint density at radius 2 is 1.81 bits per heavy atom. The Morgan fingerprint density at radius 1 is 1.15 bits per heavy atom. The molecule has 0 radical (unpaired) electrons. The van der Waals surface area contributed by atoms with Crippen LogP contribution in [0.2, 0.25) is 5.02 Å². The molecular weight excluding hydrogens is 368 g/mol. The van der Waals surface area contributed by atoms with E-state index in [2.05, 4.69) is 5.32 Å². The number of nitrogens with one attached hydrogen (secondary N) is 1. The summed E-state index contributed by atoms with van der Waals surface area (Å²) in [6, 6.07) is 9.11. The number of hydrogen-bond acceptors (Lipinski definition) is 4. The number of halogens is 1. The molecule has 0 saturated heterocycles. The third-order valence-electron chi connectivity index (χ3n) is 4.54. The predicted molar refractivity (Wildman–Crippen MR) is 102 cm³/mol. The Balaban J connectivity index is 2.00. The second-order valence-electron chi connectivity index (χ2n) is 6.91. The van der Waals surface area contributed by atoms with Gasteiger partial charge in [0.05, 0.1) is 10.6 Å². The van der Waals surface area contributed by atoms with Crippen LogP contribution >= 0.6 is 11.6 Å². The molecule has 0 saturated carbocycles. The van der Waals surface area contributed by atoms with E-state index in [0.29, 0.717) is 6.42 Å². The van der Waals surface area contributed by atoms with Gasteiger partial charge in [0.25, 0.3) is 5.91 Å². The number of benzene rings is 2. The van der Waals surface area contributed by atoms with Gasteiger partial charge in [-0.25, -0.2) is 0 Å². The lowest BCUT2D eigenvalue weighted by Gasteiger charge is -2.36. The van der Waals surface area contributed by atoms with Crippen LogP contribution in [0.4, 0.5) is 0 Å².